The molecule has 0 unspecified atom stereocenters. The average molecular weight is 426 g/mol. The topological polar surface area (TPSA) is 79.5 Å². The molecule has 0 spiro atoms. The highest BCUT2D eigenvalue weighted by Gasteiger charge is 2.07. The number of carbonyl (C=O) groups excluding carboxylic acids is 2. The van der Waals surface area contributed by atoms with E-state index >= 15 is 0 Å². The molecule has 2 rings (SSSR count). The van der Waals surface area contributed by atoms with Gasteiger partial charge in [-0.05, 0) is 43.2 Å². The number of nitrogens with one attached hydrogen (secondary N) is 3. The molecule has 0 saturated carbocycles. The first kappa shape index (κ1) is 24.3. The van der Waals surface area contributed by atoms with E-state index in [0.717, 1.165) is 30.7 Å². The van der Waals surface area contributed by atoms with E-state index in [1.54, 1.807) is 18.2 Å². The van der Waals surface area contributed by atoms with Crippen LogP contribution in [0.15, 0.2) is 48.5 Å². The molecule has 0 aromatic heterocycles. The molecule has 6 nitrogen and oxygen atoms in total. The van der Waals surface area contributed by atoms with Crippen molar-refractivity contribution >= 4 is 23.2 Å². The zero-order valence-electron chi connectivity index (χ0n) is 18.7. The molecule has 0 radical (unpaired) electrons. The molecule has 0 bridgehead atoms. The lowest BCUT2D eigenvalue weighted by atomic mass is 10.2. The number of hydrogen-bond acceptors (Lipinski definition) is 4. The quantitative estimate of drug-likeness (QED) is 0.362. The first-order chi connectivity index (χ1) is 15.1. The van der Waals surface area contributed by atoms with Gasteiger partial charge < -0.3 is 20.7 Å². The molecule has 6 heteroatoms. The summed E-state index contributed by atoms with van der Waals surface area (Å²) in [6, 6.07) is 14.6. The second-order valence-corrected chi connectivity index (χ2v) is 7.53. The van der Waals surface area contributed by atoms with Gasteiger partial charge in [0.15, 0.2) is 0 Å². The van der Waals surface area contributed by atoms with Gasteiger partial charge in [0.1, 0.15) is 5.75 Å². The van der Waals surface area contributed by atoms with E-state index in [0.29, 0.717) is 24.4 Å². The van der Waals surface area contributed by atoms with Crippen molar-refractivity contribution in [3.8, 4) is 5.75 Å². The van der Waals surface area contributed by atoms with E-state index in [-0.39, 0.29) is 18.4 Å². The maximum absolute atomic E-state index is 12.3. The Morgan fingerprint density at radius 2 is 1.65 bits per heavy atom. The number of benzene rings is 2. The van der Waals surface area contributed by atoms with Gasteiger partial charge in [0.2, 0.25) is 5.91 Å². The van der Waals surface area contributed by atoms with Crippen LogP contribution in [0.25, 0.3) is 0 Å². The summed E-state index contributed by atoms with van der Waals surface area (Å²) in [6.45, 7) is 5.71. The van der Waals surface area contributed by atoms with E-state index in [1.807, 2.05) is 30.3 Å². The Labute approximate surface area is 185 Å². The van der Waals surface area contributed by atoms with Crippen LogP contribution < -0.4 is 20.7 Å². The Bertz CT molecular complexity index is 823. The molecule has 0 aliphatic rings. The second-order valence-electron chi connectivity index (χ2n) is 7.53. The van der Waals surface area contributed by atoms with E-state index in [9.17, 15) is 9.59 Å². The van der Waals surface area contributed by atoms with E-state index < -0.39 is 0 Å². The zero-order valence-corrected chi connectivity index (χ0v) is 18.7. The van der Waals surface area contributed by atoms with Crippen LogP contribution in [0.4, 0.5) is 11.4 Å². The average Bonchev–Trinajstić information content (AvgIpc) is 2.78. The molecular weight excluding hydrogens is 390 g/mol. The molecule has 2 aromatic rings. The van der Waals surface area contributed by atoms with Crippen molar-refractivity contribution < 1.29 is 14.3 Å². The number of anilines is 2. The molecule has 0 fully saturated rings. The van der Waals surface area contributed by atoms with Crippen molar-refractivity contribution in [2.24, 2.45) is 0 Å². The summed E-state index contributed by atoms with van der Waals surface area (Å²) in [5.74, 6) is 0.481. The van der Waals surface area contributed by atoms with Crippen LogP contribution >= 0.6 is 0 Å². The van der Waals surface area contributed by atoms with Crippen molar-refractivity contribution in [2.75, 3.05) is 30.3 Å². The monoisotopic (exact) mass is 425 g/mol. The fourth-order valence-corrected chi connectivity index (χ4v) is 3.02. The number of amides is 2. The van der Waals surface area contributed by atoms with Crippen molar-refractivity contribution in [1.82, 2.24) is 5.32 Å². The van der Waals surface area contributed by atoms with Gasteiger partial charge in [0, 0.05) is 29.5 Å². The lowest BCUT2D eigenvalue weighted by Gasteiger charge is -2.11. The molecule has 0 aliphatic carbocycles. The van der Waals surface area contributed by atoms with Gasteiger partial charge in [-0.2, -0.15) is 0 Å². The van der Waals surface area contributed by atoms with Gasteiger partial charge >= 0.3 is 0 Å². The minimum absolute atomic E-state index is 0.100. The number of carbonyl (C=O) groups is 2. The number of ether oxygens (including phenoxy) is 1. The number of hydrogen-bond donors (Lipinski definition) is 3. The highest BCUT2D eigenvalue weighted by Crippen LogP contribution is 2.18. The predicted octanol–water partition coefficient (Wildman–Crippen LogP) is 5.23. The molecule has 0 saturated heterocycles. The maximum Gasteiger partial charge on any atom is 0.251 e. The van der Waals surface area contributed by atoms with Crippen molar-refractivity contribution in [2.45, 2.75) is 52.4 Å². The van der Waals surface area contributed by atoms with Crippen LogP contribution in [0.1, 0.15) is 62.7 Å². The fourth-order valence-electron chi connectivity index (χ4n) is 3.02. The first-order valence-corrected chi connectivity index (χ1v) is 11.3. The zero-order chi connectivity index (χ0) is 22.3. The maximum atomic E-state index is 12.3. The third-order valence-electron chi connectivity index (χ3n) is 4.78. The molecule has 168 valence electrons. The fraction of sp³-hybridized carbons (Fsp3) is 0.440. The molecule has 0 aliphatic heterocycles. The largest absolute Gasteiger partial charge is 0.494 e. The number of rotatable bonds is 14. The number of unbranched alkanes of at least 4 members (excludes halogenated alkanes) is 4. The third-order valence-corrected chi connectivity index (χ3v) is 4.78. The first-order valence-electron chi connectivity index (χ1n) is 11.3. The van der Waals surface area contributed by atoms with Crippen LogP contribution in [-0.4, -0.2) is 31.5 Å². The predicted molar refractivity (Wildman–Crippen MR) is 127 cm³/mol. The van der Waals surface area contributed by atoms with E-state index in [2.05, 4.69) is 29.8 Å². The minimum Gasteiger partial charge on any atom is -0.494 e. The summed E-state index contributed by atoms with van der Waals surface area (Å²) in [4.78, 5) is 24.5. The van der Waals surface area contributed by atoms with E-state index in [4.69, 9.17) is 4.74 Å². The summed E-state index contributed by atoms with van der Waals surface area (Å²) < 4.78 is 5.77. The lowest BCUT2D eigenvalue weighted by Crippen LogP contribution is -2.25. The molecule has 0 heterocycles. The van der Waals surface area contributed by atoms with Gasteiger partial charge in [-0.15, -0.1) is 0 Å². The van der Waals surface area contributed by atoms with Crippen molar-refractivity contribution in [3.05, 3.63) is 54.1 Å². The normalized spacial score (nSPS) is 10.4. The summed E-state index contributed by atoms with van der Waals surface area (Å²) in [7, 11) is 0. The summed E-state index contributed by atoms with van der Waals surface area (Å²) in [5, 5.41) is 8.84. The highest BCUT2D eigenvalue weighted by atomic mass is 16.5. The molecule has 2 amide bonds. The summed E-state index contributed by atoms with van der Waals surface area (Å²) in [5.41, 5.74) is 2.00. The van der Waals surface area contributed by atoms with Gasteiger partial charge in [0.05, 0.1) is 13.2 Å². The molecule has 3 N–H and O–H groups in total. The standard InChI is InChI=1S/C25H35N3O3/c1-3-5-7-8-16-31-23-14-10-13-22(18-23)28-24(29)19-27-21-12-9-11-20(17-21)25(30)26-15-6-4-2/h9-14,17-18,27H,3-8,15-16,19H2,1-2H3,(H,26,30)(H,28,29). The van der Waals surface area contributed by atoms with Crippen LogP contribution in [-0.2, 0) is 4.79 Å². The Morgan fingerprint density at radius 3 is 2.45 bits per heavy atom. The van der Waals surface area contributed by atoms with Gasteiger partial charge in [-0.25, -0.2) is 0 Å². The highest BCUT2D eigenvalue weighted by molar-refractivity contribution is 5.96. The van der Waals surface area contributed by atoms with Crippen LogP contribution in [0.5, 0.6) is 5.75 Å². The minimum atomic E-state index is -0.169. The Kier molecular flexibility index (Phi) is 11.0. The Hall–Kier alpha value is -3.02. The van der Waals surface area contributed by atoms with Crippen molar-refractivity contribution in [1.29, 1.82) is 0 Å². The Balaban J connectivity index is 1.79. The van der Waals surface area contributed by atoms with Gasteiger partial charge in [-0.1, -0.05) is 51.7 Å². The lowest BCUT2D eigenvalue weighted by molar-refractivity contribution is -0.114. The van der Waals surface area contributed by atoms with E-state index in [1.165, 1.54) is 19.3 Å². The Morgan fingerprint density at radius 1 is 0.871 bits per heavy atom. The van der Waals surface area contributed by atoms with Gasteiger partial charge in [-0.3, -0.25) is 9.59 Å². The molecule has 0 atom stereocenters. The smallest absolute Gasteiger partial charge is 0.251 e. The third kappa shape index (κ3) is 9.55. The molecule has 2 aromatic carbocycles. The summed E-state index contributed by atoms with van der Waals surface area (Å²) >= 11 is 0. The SMILES string of the molecule is CCCCCCOc1cccc(NC(=O)CNc2cccc(C(=O)NCCCC)c2)c1. The van der Waals surface area contributed by atoms with Crippen LogP contribution in [0, 0.1) is 0 Å². The van der Waals surface area contributed by atoms with Gasteiger partial charge in [0.25, 0.3) is 5.91 Å². The van der Waals surface area contributed by atoms with Crippen LogP contribution in [0.3, 0.4) is 0 Å². The van der Waals surface area contributed by atoms with Crippen LogP contribution in [0.2, 0.25) is 0 Å². The summed E-state index contributed by atoms with van der Waals surface area (Å²) in [6.07, 6.45) is 6.61. The molecule has 31 heavy (non-hydrogen) atoms. The second kappa shape index (κ2) is 14.1. The molecular formula is C25H35N3O3. The van der Waals surface area contributed by atoms with Crippen molar-refractivity contribution in [3.63, 3.8) is 0 Å².